The molecule has 2 atom stereocenters. The lowest BCUT2D eigenvalue weighted by Crippen LogP contribution is -2.38. The first-order valence-corrected chi connectivity index (χ1v) is 43.9. The van der Waals surface area contributed by atoms with Crippen molar-refractivity contribution in [1.29, 1.82) is 0 Å². The van der Waals surface area contributed by atoms with Crippen LogP contribution in [0.25, 0.3) is 33.1 Å². The number of aldehydes is 1. The number of sulfonamides is 1. The average molecular weight is 1710 g/mol. The topological polar surface area (TPSA) is 435 Å². The Morgan fingerprint density at radius 3 is 1.45 bits per heavy atom. The number of nitrogens with two attached hydrogens (primary N) is 2. The number of hydrogen-bond donors (Lipinski definition) is 10. The van der Waals surface area contributed by atoms with E-state index in [9.17, 15) is 52.0 Å². The van der Waals surface area contributed by atoms with Gasteiger partial charge in [0.05, 0.1) is 27.7 Å². The summed E-state index contributed by atoms with van der Waals surface area (Å²) in [5.41, 5.74) is 18.6. The number of anilines is 1. The number of rotatable bonds is 19. The van der Waals surface area contributed by atoms with E-state index in [4.69, 9.17) is 16.6 Å². The van der Waals surface area contributed by atoms with Crippen molar-refractivity contribution in [2.75, 3.05) is 5.32 Å². The molecular formula is C94H118N18O11S. The molecule has 0 bridgehead atoms. The Hall–Kier alpha value is -12.3. The number of aromatic nitrogens is 8. The number of carbonyl (C=O) groups is 8. The van der Waals surface area contributed by atoms with E-state index in [-0.39, 0.29) is 88.3 Å². The van der Waals surface area contributed by atoms with Crippen molar-refractivity contribution >= 4 is 90.7 Å². The number of hydrazine groups is 1. The van der Waals surface area contributed by atoms with E-state index in [0.29, 0.717) is 53.3 Å². The number of oxime groups is 1. The lowest BCUT2D eigenvalue weighted by molar-refractivity contribution is -0.123. The normalized spacial score (nSPS) is 19.8. The predicted molar refractivity (Wildman–Crippen MR) is 479 cm³/mol. The molecule has 0 radical (unpaired) electrons. The molecule has 0 saturated heterocycles. The SMILES string of the molecule is CC(=O)NC1CCC(/C(=N\O)c2cccnc2)CC1.CC(=O)NC1CCC(=O)CC1.CC(=O)NC1CCC(C(=O)c2cccnc2)CC1.CC(=O)NC1CCC(C(N)c2cccnc2)CC1.CC(=O)NC1CCC(C(Nc2cc(-c3ccc4ccn(C)c4c3)c3nccnc3c2)c2cccnc2)CC1.Cc1ccc(S(=O)(=O)NN)cc1.O=Cc1cccnc1. The molecule has 7 aromatic heterocycles. The maximum Gasteiger partial charge on any atom is 0.253 e. The van der Waals surface area contributed by atoms with Crippen molar-refractivity contribution in [2.45, 2.75) is 217 Å². The summed E-state index contributed by atoms with van der Waals surface area (Å²) in [5, 5.41) is 32.5. The third-order valence-corrected chi connectivity index (χ3v) is 24.0. The van der Waals surface area contributed by atoms with Gasteiger partial charge in [-0.2, -0.15) is 4.83 Å². The number of aryl methyl sites for hydroxylation is 2. The van der Waals surface area contributed by atoms with Gasteiger partial charge in [-0.15, -0.1) is 0 Å². The van der Waals surface area contributed by atoms with Crippen molar-refractivity contribution in [3.63, 3.8) is 0 Å². The van der Waals surface area contributed by atoms with E-state index in [1.165, 1.54) is 48.6 Å². The van der Waals surface area contributed by atoms with E-state index in [1.807, 2.05) is 61.9 Å². The number of hydrogen-bond acceptors (Lipinski definition) is 22. The minimum Gasteiger partial charge on any atom is -0.411 e. The molecule has 30 heteroatoms. The first kappa shape index (κ1) is 95.6. The van der Waals surface area contributed by atoms with Crippen LogP contribution in [0.4, 0.5) is 5.69 Å². The molecule has 29 nitrogen and oxygen atoms in total. The van der Waals surface area contributed by atoms with Crippen LogP contribution in [0, 0.1) is 30.6 Å². The molecule has 2 unspecified atom stereocenters. The van der Waals surface area contributed by atoms with Gasteiger partial charge in [0.15, 0.2) is 12.1 Å². The Balaban J connectivity index is 0.000000175. The fourth-order valence-electron chi connectivity index (χ4n) is 16.5. The van der Waals surface area contributed by atoms with E-state index >= 15 is 0 Å². The molecule has 3 aromatic carbocycles. The summed E-state index contributed by atoms with van der Waals surface area (Å²) in [7, 11) is -1.42. The highest BCUT2D eigenvalue weighted by molar-refractivity contribution is 7.89. The first-order chi connectivity index (χ1) is 59.8. The molecule has 656 valence electrons. The van der Waals surface area contributed by atoms with Crippen molar-refractivity contribution < 1.29 is 52.0 Å². The quantitative estimate of drug-likeness (QED) is 0.00897. The second-order valence-electron chi connectivity index (χ2n) is 32.2. The summed E-state index contributed by atoms with van der Waals surface area (Å²) < 4.78 is 24.3. The number of fused-ring (bicyclic) bond motifs is 2. The van der Waals surface area contributed by atoms with Gasteiger partial charge in [-0.3, -0.25) is 79.1 Å². The Morgan fingerprint density at radius 2 is 0.984 bits per heavy atom. The molecule has 5 aliphatic carbocycles. The number of Topliss-reactive ketones (excluding diaryl/α,β-unsaturated/α-hetero) is 2. The van der Waals surface area contributed by atoms with E-state index in [0.717, 1.165) is 166 Å². The zero-order chi connectivity index (χ0) is 88.9. The van der Waals surface area contributed by atoms with Crippen LogP contribution in [0.1, 0.15) is 218 Å². The van der Waals surface area contributed by atoms with E-state index in [1.54, 1.807) is 106 Å². The minimum absolute atomic E-state index is 0.00403. The summed E-state index contributed by atoms with van der Waals surface area (Å²) >= 11 is 0. The second kappa shape index (κ2) is 49.1. The number of carbonyl (C=O) groups excluding carboxylic acids is 8. The maximum absolute atomic E-state index is 12.2. The number of nitrogens with zero attached hydrogens (tertiary/aromatic N) is 9. The van der Waals surface area contributed by atoms with Crippen molar-refractivity contribution in [2.24, 2.45) is 47.5 Å². The third-order valence-electron chi connectivity index (χ3n) is 22.8. The standard InChI is InChI=1S/C31H32N6O.C14H19N3O2.C14H21N3O.C14H18N2O2.C8H13NO2.C7H10N2O2S.C6H5NO/c1-20(38)35-25-9-7-22(8-10-25)30(24-4-3-12-32-19-24)36-26-17-27(31-28(18-26)33-13-14-34-31)23-6-5-21-11-15-37(2)29(21)16-23;1-10(18)16-13-6-4-11(5-7-13)14(17-19)12-3-2-8-15-9-12;1-10(18)17-13-6-4-11(5-7-13)14(15)12-3-2-8-16-9-12;1-10(17)16-13-6-4-11(5-7-13)14(18)12-3-2-8-15-9-12;1-6(10)9-7-2-4-8(11)5-3-7;1-6-2-4-7(5-3-6)12(10,11)9-8;8-5-6-2-1-3-7-4-6/h3-6,11-19,22,25,30,36H,7-10H2,1-2H3,(H,35,38);2-3,8-9,11,13,19H,4-7H2,1H3,(H,16,18);2-3,8-9,11,13-14H,4-7,15H2,1H3,(H,17,18);2-3,8-9,11,13H,4-7H2,1H3,(H,16,17);7H,2-5H2,1H3,(H,9,10);2-5,9H,8H2,1H3;1-5H/b;17-14+;;;;;. The van der Waals surface area contributed by atoms with Gasteiger partial charge < -0.3 is 47.4 Å². The predicted octanol–water partition coefficient (Wildman–Crippen LogP) is 13.4. The summed E-state index contributed by atoms with van der Waals surface area (Å²) in [6.07, 6.45) is 41.9. The van der Waals surface area contributed by atoms with Gasteiger partial charge >= 0.3 is 0 Å². The average Bonchev–Trinajstić information content (AvgIpc) is 1.21. The van der Waals surface area contributed by atoms with Gasteiger partial charge in [-0.05, 0) is 241 Å². The molecular weight excluding hydrogens is 1590 g/mol. The van der Waals surface area contributed by atoms with Crippen LogP contribution in [0.5, 0.6) is 0 Å². The highest BCUT2D eigenvalue weighted by Gasteiger charge is 2.33. The molecule has 15 rings (SSSR count). The van der Waals surface area contributed by atoms with Crippen LogP contribution in [-0.4, -0.2) is 136 Å². The van der Waals surface area contributed by atoms with E-state index in [2.05, 4.69) is 127 Å². The molecule has 5 fully saturated rings. The van der Waals surface area contributed by atoms with E-state index < -0.39 is 10.0 Å². The fraction of sp³-hybridized carbons (Fsp3) is 0.404. The highest BCUT2D eigenvalue weighted by atomic mass is 32.2. The lowest BCUT2D eigenvalue weighted by Gasteiger charge is -2.35. The maximum atomic E-state index is 12.2. The largest absolute Gasteiger partial charge is 0.411 e. The second-order valence-corrected chi connectivity index (χ2v) is 33.9. The Labute approximate surface area is 726 Å². The lowest BCUT2D eigenvalue weighted by atomic mass is 9.79. The van der Waals surface area contributed by atoms with Crippen LogP contribution in [0.2, 0.25) is 0 Å². The molecule has 0 aliphatic heterocycles. The minimum atomic E-state index is -3.49. The first-order valence-electron chi connectivity index (χ1n) is 42.5. The Kier molecular flexibility index (Phi) is 37.9. The van der Waals surface area contributed by atoms with Gasteiger partial charge in [0, 0.05) is 217 Å². The monoisotopic (exact) mass is 1710 g/mol. The number of benzene rings is 3. The van der Waals surface area contributed by atoms with Gasteiger partial charge in [0.2, 0.25) is 29.5 Å². The molecule has 7 heterocycles. The zero-order valence-electron chi connectivity index (χ0n) is 71.7. The summed E-state index contributed by atoms with van der Waals surface area (Å²) in [5.74, 6) is 6.74. The van der Waals surface area contributed by atoms with Crippen molar-refractivity contribution in [1.82, 2.24) is 70.9 Å². The summed E-state index contributed by atoms with van der Waals surface area (Å²) in [4.78, 5) is 120. The Bertz CT molecular complexity index is 5190. The van der Waals surface area contributed by atoms with Gasteiger partial charge in [-0.1, -0.05) is 47.1 Å². The highest BCUT2D eigenvalue weighted by Crippen LogP contribution is 2.40. The van der Waals surface area contributed by atoms with Crippen molar-refractivity contribution in [3.05, 3.63) is 235 Å². The number of amides is 5. The molecule has 10 aromatic rings. The van der Waals surface area contributed by atoms with Crippen LogP contribution in [0.15, 0.2) is 212 Å². The number of ketones is 2. The van der Waals surface area contributed by atoms with Crippen molar-refractivity contribution in [3.8, 4) is 11.1 Å². The van der Waals surface area contributed by atoms with Gasteiger partial charge in [-0.25, -0.2) is 8.42 Å². The summed E-state index contributed by atoms with van der Waals surface area (Å²) in [6, 6.07) is 39.8. The Morgan fingerprint density at radius 1 is 0.516 bits per heavy atom. The smallest absolute Gasteiger partial charge is 0.253 e. The van der Waals surface area contributed by atoms with Crippen LogP contribution < -0.4 is 48.3 Å². The van der Waals surface area contributed by atoms with Crippen LogP contribution >= 0.6 is 0 Å². The fourth-order valence-corrected chi connectivity index (χ4v) is 17.1. The van der Waals surface area contributed by atoms with Crippen LogP contribution in [0.3, 0.4) is 0 Å². The zero-order valence-corrected chi connectivity index (χ0v) is 72.6. The van der Waals surface area contributed by atoms with Crippen LogP contribution in [-0.2, 0) is 45.8 Å². The molecule has 0 spiro atoms. The van der Waals surface area contributed by atoms with Gasteiger partial charge in [0.25, 0.3) is 10.0 Å². The number of pyridine rings is 5. The molecule has 124 heavy (non-hydrogen) atoms. The molecule has 12 N–H and O–H groups in total. The van der Waals surface area contributed by atoms with Gasteiger partial charge in [0.1, 0.15) is 5.78 Å². The third kappa shape index (κ3) is 30.7. The molecule has 5 amide bonds. The summed E-state index contributed by atoms with van der Waals surface area (Å²) in [6.45, 7) is 9.65. The molecule has 5 saturated carbocycles. The molecule has 5 aliphatic rings. The number of nitrogens with one attached hydrogen (secondary N) is 7.